The summed E-state index contributed by atoms with van der Waals surface area (Å²) in [5.74, 6) is -1.62. The molecule has 8 N–H and O–H groups in total. The molecule has 15 nitrogen and oxygen atoms in total. The van der Waals surface area contributed by atoms with Crippen LogP contribution >= 0.6 is 0 Å². The van der Waals surface area contributed by atoms with Crippen LogP contribution in [0.5, 0.6) is 0 Å². The fourth-order valence-electron chi connectivity index (χ4n) is 4.25. The largest absolute Gasteiger partial charge is 0.479 e. The number of carboxylic acid groups (broad SMARTS) is 1. The monoisotopic (exact) mass is 528 g/mol. The van der Waals surface area contributed by atoms with Crippen molar-refractivity contribution in [3.8, 4) is 0 Å². The molecular formula is C21H36O15. The maximum absolute atomic E-state index is 11.5. The number of hydrogen-bond acceptors (Lipinski definition) is 14. The second-order valence-electron chi connectivity index (χ2n) is 9.19. The third-order valence-electron chi connectivity index (χ3n) is 6.45. The van der Waals surface area contributed by atoms with E-state index in [1.807, 2.05) is 6.92 Å². The Kier molecular flexibility index (Phi) is 10.0. The maximum Gasteiger partial charge on any atom is 0.335 e. The van der Waals surface area contributed by atoms with Crippen LogP contribution in [0.2, 0.25) is 0 Å². The number of aliphatic carboxylic acids is 1. The van der Waals surface area contributed by atoms with Gasteiger partial charge in [-0.1, -0.05) is 6.92 Å². The molecule has 3 fully saturated rings. The van der Waals surface area contributed by atoms with Crippen LogP contribution in [0.3, 0.4) is 0 Å². The van der Waals surface area contributed by atoms with E-state index >= 15 is 0 Å². The van der Waals surface area contributed by atoms with Gasteiger partial charge in [-0.3, -0.25) is 0 Å². The van der Waals surface area contributed by atoms with E-state index in [0.717, 1.165) is 0 Å². The molecule has 0 amide bonds. The molecule has 0 aliphatic carbocycles. The molecule has 0 aromatic heterocycles. The molecule has 210 valence electrons. The van der Waals surface area contributed by atoms with Crippen LogP contribution in [-0.2, 0) is 33.2 Å². The van der Waals surface area contributed by atoms with Gasteiger partial charge in [-0.05, 0) is 20.3 Å². The molecule has 0 unspecified atom stereocenters. The lowest BCUT2D eigenvalue weighted by atomic mass is 9.96. The van der Waals surface area contributed by atoms with E-state index < -0.39 is 98.1 Å². The Labute approximate surface area is 206 Å². The van der Waals surface area contributed by atoms with E-state index in [1.165, 1.54) is 13.8 Å². The van der Waals surface area contributed by atoms with Crippen LogP contribution in [0, 0.1) is 0 Å². The van der Waals surface area contributed by atoms with Crippen LogP contribution < -0.4 is 0 Å². The maximum atomic E-state index is 11.5. The standard InChI is InChI=1S/C21H36O15/c1-4-5-31-21-17(36-20-14(28)11(25)12(26)16(35-20)18(29)30)15(9(23)7(3)33-21)34-19-13(27)10(24)8(22)6(2)32-19/h6-17,19-28H,4-5H2,1-3H3,(H,29,30)/t6-,7-,8+,9+,10+,11-,12-,13-,14+,15+,16-,17-,19-,20+,21+/m0/s1. The zero-order chi connectivity index (χ0) is 26.9. The van der Waals surface area contributed by atoms with Gasteiger partial charge in [0.1, 0.15) is 54.9 Å². The summed E-state index contributed by atoms with van der Waals surface area (Å²) in [6, 6.07) is 0. The number of carbonyl (C=O) groups is 1. The highest BCUT2D eigenvalue weighted by Crippen LogP contribution is 2.33. The van der Waals surface area contributed by atoms with Crippen molar-refractivity contribution in [2.24, 2.45) is 0 Å². The number of hydrogen-bond donors (Lipinski definition) is 8. The summed E-state index contributed by atoms with van der Waals surface area (Å²) >= 11 is 0. The molecule has 0 aromatic carbocycles. The molecule has 0 radical (unpaired) electrons. The third kappa shape index (κ3) is 5.99. The van der Waals surface area contributed by atoms with Gasteiger partial charge in [0.2, 0.25) is 0 Å². The van der Waals surface area contributed by atoms with Crippen molar-refractivity contribution in [3.63, 3.8) is 0 Å². The normalized spacial score (nSPS) is 50.1. The van der Waals surface area contributed by atoms with Gasteiger partial charge in [0.15, 0.2) is 25.0 Å². The third-order valence-corrected chi connectivity index (χ3v) is 6.45. The minimum atomic E-state index is -1.95. The first kappa shape index (κ1) is 29.5. The van der Waals surface area contributed by atoms with Crippen LogP contribution in [0.15, 0.2) is 0 Å². The predicted octanol–water partition coefficient (Wildman–Crippen LogP) is -3.99. The van der Waals surface area contributed by atoms with Crippen LogP contribution in [0.1, 0.15) is 27.2 Å². The van der Waals surface area contributed by atoms with Crippen molar-refractivity contribution in [1.29, 1.82) is 0 Å². The van der Waals surface area contributed by atoms with Crippen molar-refractivity contribution >= 4 is 5.97 Å². The van der Waals surface area contributed by atoms with Gasteiger partial charge in [-0.25, -0.2) is 4.79 Å². The Hall–Kier alpha value is -1.05. The van der Waals surface area contributed by atoms with E-state index in [9.17, 15) is 45.6 Å². The highest BCUT2D eigenvalue weighted by atomic mass is 16.8. The first-order chi connectivity index (χ1) is 16.9. The summed E-state index contributed by atoms with van der Waals surface area (Å²) in [6.45, 7) is 4.92. The van der Waals surface area contributed by atoms with Crippen molar-refractivity contribution < 1.29 is 74.1 Å². The van der Waals surface area contributed by atoms with E-state index in [2.05, 4.69) is 0 Å². The van der Waals surface area contributed by atoms with E-state index in [1.54, 1.807) is 0 Å². The topological polar surface area (TPSA) is 234 Å². The summed E-state index contributed by atoms with van der Waals surface area (Å²) in [4.78, 5) is 11.5. The van der Waals surface area contributed by atoms with Gasteiger partial charge in [0.25, 0.3) is 0 Å². The van der Waals surface area contributed by atoms with Crippen LogP contribution in [0.4, 0.5) is 0 Å². The van der Waals surface area contributed by atoms with Gasteiger partial charge in [0.05, 0.1) is 12.2 Å². The summed E-state index contributed by atoms with van der Waals surface area (Å²) in [6.07, 6.45) is -22.8. The molecule has 0 aromatic rings. The van der Waals surface area contributed by atoms with Gasteiger partial charge >= 0.3 is 5.97 Å². The summed E-state index contributed by atoms with van der Waals surface area (Å²) in [7, 11) is 0. The van der Waals surface area contributed by atoms with Gasteiger partial charge in [-0.15, -0.1) is 0 Å². The summed E-state index contributed by atoms with van der Waals surface area (Å²) in [5, 5.41) is 81.1. The lowest BCUT2D eigenvalue weighted by molar-refractivity contribution is -0.386. The fraction of sp³-hybridized carbons (Fsp3) is 0.952. The molecule has 36 heavy (non-hydrogen) atoms. The first-order valence-electron chi connectivity index (χ1n) is 11.8. The number of aliphatic hydroxyl groups is 7. The van der Waals surface area contributed by atoms with Crippen molar-refractivity contribution in [2.45, 2.75) is 119 Å². The second-order valence-corrected chi connectivity index (χ2v) is 9.19. The number of carboxylic acids is 1. The summed E-state index contributed by atoms with van der Waals surface area (Å²) < 4.78 is 33.5. The Bertz CT molecular complexity index is 725. The lowest BCUT2D eigenvalue weighted by Crippen LogP contribution is -2.66. The average molecular weight is 529 g/mol. The Morgan fingerprint density at radius 2 is 1.17 bits per heavy atom. The molecule has 3 heterocycles. The van der Waals surface area contributed by atoms with Crippen molar-refractivity contribution in [2.75, 3.05) is 6.61 Å². The molecule has 0 spiro atoms. The Morgan fingerprint density at radius 1 is 0.667 bits per heavy atom. The Balaban J connectivity index is 1.88. The fourth-order valence-corrected chi connectivity index (χ4v) is 4.25. The predicted molar refractivity (Wildman–Crippen MR) is 113 cm³/mol. The number of aliphatic hydroxyl groups excluding tert-OH is 7. The first-order valence-corrected chi connectivity index (χ1v) is 11.8. The molecule has 3 saturated heterocycles. The average Bonchev–Trinajstić information content (AvgIpc) is 2.83. The lowest BCUT2D eigenvalue weighted by Gasteiger charge is -2.48. The van der Waals surface area contributed by atoms with E-state index in [4.69, 9.17) is 28.4 Å². The van der Waals surface area contributed by atoms with E-state index in [-0.39, 0.29) is 6.61 Å². The van der Waals surface area contributed by atoms with Crippen molar-refractivity contribution in [1.82, 2.24) is 0 Å². The zero-order valence-corrected chi connectivity index (χ0v) is 20.0. The quantitative estimate of drug-likeness (QED) is 0.150. The number of ether oxygens (including phenoxy) is 6. The minimum absolute atomic E-state index is 0.164. The molecule has 15 heteroatoms. The van der Waals surface area contributed by atoms with Gasteiger partial charge < -0.3 is 69.3 Å². The second kappa shape index (κ2) is 12.2. The highest BCUT2D eigenvalue weighted by Gasteiger charge is 2.54. The number of rotatable bonds is 8. The molecular weight excluding hydrogens is 492 g/mol. The Morgan fingerprint density at radius 3 is 1.75 bits per heavy atom. The van der Waals surface area contributed by atoms with E-state index in [0.29, 0.717) is 6.42 Å². The molecule has 0 bridgehead atoms. The van der Waals surface area contributed by atoms with Crippen LogP contribution in [0.25, 0.3) is 0 Å². The van der Waals surface area contributed by atoms with Crippen LogP contribution in [-0.4, -0.2) is 146 Å². The van der Waals surface area contributed by atoms with Gasteiger partial charge in [-0.2, -0.15) is 0 Å². The molecule has 3 aliphatic rings. The molecule has 0 saturated carbocycles. The zero-order valence-electron chi connectivity index (χ0n) is 20.0. The molecule has 3 rings (SSSR count). The minimum Gasteiger partial charge on any atom is -0.479 e. The highest BCUT2D eigenvalue weighted by molar-refractivity contribution is 5.73. The SMILES string of the molecule is CCCO[C@@H]1O[C@@H](C)[C@@H](O)[C@@H](O[C@@H]2O[C@@H](C)[C@@H](O)[C@@H](O)[C@@H]2O)[C@@H]1O[C@H]1O[C@H](C(=O)O)[C@@H](O)[C@H](O)[C@H]1O. The van der Waals surface area contributed by atoms with Gasteiger partial charge in [0, 0.05) is 6.61 Å². The summed E-state index contributed by atoms with van der Waals surface area (Å²) in [5.41, 5.74) is 0. The molecule has 15 atom stereocenters. The van der Waals surface area contributed by atoms with Crippen molar-refractivity contribution in [3.05, 3.63) is 0 Å². The molecule has 3 aliphatic heterocycles. The smallest absolute Gasteiger partial charge is 0.335 e.